The first-order valence-corrected chi connectivity index (χ1v) is 6.04. The third-order valence-electron chi connectivity index (χ3n) is 2.39. The zero-order chi connectivity index (χ0) is 12.2. The summed E-state index contributed by atoms with van der Waals surface area (Å²) in [6.45, 7) is 2.54. The van der Waals surface area contributed by atoms with Crippen LogP contribution in [0.2, 0.25) is 0 Å². The highest BCUT2D eigenvalue weighted by atomic mass is 16.5. The van der Waals surface area contributed by atoms with Crippen molar-refractivity contribution in [3.05, 3.63) is 0 Å². The summed E-state index contributed by atoms with van der Waals surface area (Å²) < 4.78 is 4.47. The molecule has 0 aromatic heterocycles. The number of ether oxygens (including phenoxy) is 1. The lowest BCUT2D eigenvalue weighted by Crippen LogP contribution is -2.25. The number of amides is 1. The monoisotopic (exact) mass is 229 g/mol. The Balaban J connectivity index is 3.28. The van der Waals surface area contributed by atoms with Crippen LogP contribution in [0, 0.1) is 0 Å². The second kappa shape index (κ2) is 10.5. The number of hydrogen-bond donors (Lipinski definition) is 1. The lowest BCUT2D eigenvalue weighted by molar-refractivity contribution is -0.140. The Bertz CT molecular complexity index is 204. The quantitative estimate of drug-likeness (QED) is 0.486. The molecule has 0 saturated heterocycles. The van der Waals surface area contributed by atoms with E-state index < -0.39 is 0 Å². The number of unbranched alkanes of at least 4 members (excludes halogenated alkanes) is 4. The molecule has 4 nitrogen and oxygen atoms in total. The highest BCUT2D eigenvalue weighted by molar-refractivity contribution is 5.76. The minimum Gasteiger partial charge on any atom is -0.469 e. The van der Waals surface area contributed by atoms with Gasteiger partial charge in [-0.3, -0.25) is 9.59 Å². The van der Waals surface area contributed by atoms with E-state index in [2.05, 4.69) is 17.0 Å². The molecule has 0 aliphatic rings. The van der Waals surface area contributed by atoms with Crippen molar-refractivity contribution in [2.24, 2.45) is 0 Å². The molecule has 0 bridgehead atoms. The van der Waals surface area contributed by atoms with E-state index >= 15 is 0 Å². The van der Waals surface area contributed by atoms with Crippen molar-refractivity contribution in [3.8, 4) is 0 Å². The summed E-state index contributed by atoms with van der Waals surface area (Å²) in [6.07, 6.45) is 6.51. The van der Waals surface area contributed by atoms with Gasteiger partial charge in [-0.15, -0.1) is 0 Å². The van der Waals surface area contributed by atoms with Crippen LogP contribution >= 0.6 is 0 Å². The Labute approximate surface area is 97.7 Å². The number of rotatable bonds is 9. The molecule has 0 fully saturated rings. The highest BCUT2D eigenvalue weighted by Crippen LogP contribution is 2.04. The molecule has 0 heterocycles. The third kappa shape index (κ3) is 9.49. The van der Waals surface area contributed by atoms with Gasteiger partial charge < -0.3 is 10.1 Å². The van der Waals surface area contributed by atoms with Gasteiger partial charge >= 0.3 is 5.97 Å². The maximum atomic E-state index is 11.3. The highest BCUT2D eigenvalue weighted by Gasteiger charge is 2.03. The molecule has 0 aliphatic carbocycles. The molecular weight excluding hydrogens is 206 g/mol. The maximum absolute atomic E-state index is 11.3. The van der Waals surface area contributed by atoms with E-state index in [9.17, 15) is 9.59 Å². The van der Waals surface area contributed by atoms with E-state index in [-0.39, 0.29) is 18.3 Å². The number of methoxy groups -OCH3 is 1. The maximum Gasteiger partial charge on any atom is 0.307 e. The second-order valence-electron chi connectivity index (χ2n) is 3.84. The SMILES string of the molecule is CCCCCCCC(=O)NCCC(=O)OC. The molecule has 16 heavy (non-hydrogen) atoms. The Morgan fingerprint density at radius 2 is 1.75 bits per heavy atom. The van der Waals surface area contributed by atoms with Crippen LogP contribution in [0.5, 0.6) is 0 Å². The van der Waals surface area contributed by atoms with E-state index in [1.807, 2.05) is 0 Å². The van der Waals surface area contributed by atoms with Gasteiger partial charge in [-0.05, 0) is 6.42 Å². The lowest BCUT2D eigenvalue weighted by atomic mass is 10.1. The average molecular weight is 229 g/mol. The van der Waals surface area contributed by atoms with Crippen molar-refractivity contribution in [2.45, 2.75) is 51.9 Å². The van der Waals surface area contributed by atoms with Crippen LogP contribution in [0.25, 0.3) is 0 Å². The number of carbonyl (C=O) groups excluding carboxylic acids is 2. The number of esters is 1. The Morgan fingerprint density at radius 1 is 1.06 bits per heavy atom. The first kappa shape index (κ1) is 14.9. The number of hydrogen-bond acceptors (Lipinski definition) is 3. The minimum atomic E-state index is -0.289. The summed E-state index contributed by atoms with van der Waals surface area (Å²) in [7, 11) is 1.35. The Hall–Kier alpha value is -1.06. The van der Waals surface area contributed by atoms with Crippen LogP contribution in [0.1, 0.15) is 51.9 Å². The molecular formula is C12H23NO3. The molecule has 0 spiro atoms. The standard InChI is InChI=1S/C12H23NO3/c1-3-4-5-6-7-8-11(14)13-10-9-12(15)16-2/h3-10H2,1-2H3,(H,13,14). The van der Waals surface area contributed by atoms with Gasteiger partial charge in [0.05, 0.1) is 13.5 Å². The zero-order valence-corrected chi connectivity index (χ0v) is 10.4. The lowest BCUT2D eigenvalue weighted by Gasteiger charge is -2.04. The van der Waals surface area contributed by atoms with Crippen molar-refractivity contribution in [2.75, 3.05) is 13.7 Å². The van der Waals surface area contributed by atoms with Crippen molar-refractivity contribution in [1.29, 1.82) is 0 Å². The molecule has 1 amide bonds. The molecule has 0 radical (unpaired) electrons. The van der Waals surface area contributed by atoms with Crippen LogP contribution in [0.4, 0.5) is 0 Å². The van der Waals surface area contributed by atoms with Gasteiger partial charge in [0.15, 0.2) is 0 Å². The smallest absolute Gasteiger partial charge is 0.307 e. The van der Waals surface area contributed by atoms with Gasteiger partial charge in [-0.1, -0.05) is 32.6 Å². The van der Waals surface area contributed by atoms with Gasteiger partial charge in [-0.25, -0.2) is 0 Å². The van der Waals surface area contributed by atoms with Crippen molar-refractivity contribution >= 4 is 11.9 Å². The normalized spacial score (nSPS) is 9.88. The van der Waals surface area contributed by atoms with Crippen LogP contribution in [0.3, 0.4) is 0 Å². The summed E-state index contributed by atoms with van der Waals surface area (Å²) in [5, 5.41) is 2.70. The third-order valence-corrected chi connectivity index (χ3v) is 2.39. The fraction of sp³-hybridized carbons (Fsp3) is 0.833. The summed E-state index contributed by atoms with van der Waals surface area (Å²) in [6, 6.07) is 0. The molecule has 94 valence electrons. The molecule has 0 atom stereocenters. The van der Waals surface area contributed by atoms with Gasteiger partial charge in [0, 0.05) is 13.0 Å². The van der Waals surface area contributed by atoms with Crippen LogP contribution in [-0.2, 0) is 14.3 Å². The average Bonchev–Trinajstić information content (AvgIpc) is 2.28. The van der Waals surface area contributed by atoms with Crippen molar-refractivity contribution < 1.29 is 14.3 Å². The van der Waals surface area contributed by atoms with E-state index in [1.165, 1.54) is 26.4 Å². The molecule has 0 unspecified atom stereocenters. The molecule has 0 aromatic carbocycles. The summed E-state index contributed by atoms with van der Waals surface area (Å²) in [5.74, 6) is -0.261. The molecule has 0 aromatic rings. The molecule has 0 rings (SSSR count). The predicted molar refractivity (Wildman–Crippen MR) is 63.0 cm³/mol. The largest absolute Gasteiger partial charge is 0.469 e. The zero-order valence-electron chi connectivity index (χ0n) is 10.4. The van der Waals surface area contributed by atoms with E-state index in [4.69, 9.17) is 0 Å². The topological polar surface area (TPSA) is 55.4 Å². The number of carbonyl (C=O) groups is 2. The first-order chi connectivity index (χ1) is 7.70. The second-order valence-corrected chi connectivity index (χ2v) is 3.84. The van der Waals surface area contributed by atoms with Crippen LogP contribution in [-0.4, -0.2) is 25.5 Å². The molecule has 4 heteroatoms. The van der Waals surface area contributed by atoms with Gasteiger partial charge in [0.1, 0.15) is 0 Å². The fourth-order valence-corrected chi connectivity index (χ4v) is 1.38. The summed E-state index contributed by atoms with van der Waals surface area (Å²) >= 11 is 0. The van der Waals surface area contributed by atoms with E-state index in [0.717, 1.165) is 12.8 Å². The van der Waals surface area contributed by atoms with Gasteiger partial charge in [-0.2, -0.15) is 0 Å². The van der Waals surface area contributed by atoms with E-state index in [1.54, 1.807) is 0 Å². The molecule has 1 N–H and O–H groups in total. The summed E-state index contributed by atoms with van der Waals surface area (Å²) in [4.78, 5) is 22.0. The molecule has 0 saturated carbocycles. The van der Waals surface area contributed by atoms with E-state index in [0.29, 0.717) is 13.0 Å². The van der Waals surface area contributed by atoms with Crippen molar-refractivity contribution in [3.63, 3.8) is 0 Å². The summed E-state index contributed by atoms with van der Waals surface area (Å²) in [5.41, 5.74) is 0. The first-order valence-electron chi connectivity index (χ1n) is 6.04. The predicted octanol–water partition coefficient (Wildman–Crippen LogP) is 2.03. The van der Waals surface area contributed by atoms with Crippen molar-refractivity contribution in [1.82, 2.24) is 5.32 Å². The molecule has 0 aliphatic heterocycles. The Morgan fingerprint density at radius 3 is 2.38 bits per heavy atom. The fourth-order valence-electron chi connectivity index (χ4n) is 1.38. The number of nitrogens with one attached hydrogen (secondary N) is 1. The minimum absolute atomic E-state index is 0.0281. The van der Waals surface area contributed by atoms with Crippen LogP contribution in [0.15, 0.2) is 0 Å². The van der Waals surface area contributed by atoms with Gasteiger partial charge in [0.2, 0.25) is 5.91 Å². The Kier molecular flexibility index (Phi) is 9.76. The van der Waals surface area contributed by atoms with Gasteiger partial charge in [0.25, 0.3) is 0 Å². The van der Waals surface area contributed by atoms with Crippen LogP contribution < -0.4 is 5.32 Å².